The highest BCUT2D eigenvalue weighted by Crippen LogP contribution is 2.19. The van der Waals surface area contributed by atoms with Gasteiger partial charge in [0.25, 0.3) is 0 Å². The van der Waals surface area contributed by atoms with Crippen LogP contribution >= 0.6 is 0 Å². The summed E-state index contributed by atoms with van der Waals surface area (Å²) in [6.45, 7) is 5.04. The maximum Gasteiger partial charge on any atom is 0.241 e. The van der Waals surface area contributed by atoms with Gasteiger partial charge in [-0.15, -0.1) is 0 Å². The third-order valence-electron chi connectivity index (χ3n) is 4.68. The van der Waals surface area contributed by atoms with Crippen molar-refractivity contribution in [2.45, 2.75) is 45.8 Å². The summed E-state index contributed by atoms with van der Waals surface area (Å²) in [6.07, 6.45) is 7.77. The molecule has 0 saturated heterocycles. The lowest BCUT2D eigenvalue weighted by Gasteiger charge is -2.10. The van der Waals surface area contributed by atoms with Crippen LogP contribution in [0.2, 0.25) is 0 Å². The third-order valence-corrected chi connectivity index (χ3v) is 4.68. The molecule has 2 N–H and O–H groups in total. The van der Waals surface area contributed by atoms with Crippen LogP contribution in [0.15, 0.2) is 42.9 Å². The first-order valence-corrected chi connectivity index (χ1v) is 9.25. The Labute approximate surface area is 158 Å². The van der Waals surface area contributed by atoms with Crippen molar-refractivity contribution in [2.24, 2.45) is 0 Å². The van der Waals surface area contributed by atoms with Crippen LogP contribution in [0.3, 0.4) is 0 Å². The summed E-state index contributed by atoms with van der Waals surface area (Å²) in [5.41, 5.74) is 5.37. The van der Waals surface area contributed by atoms with Crippen LogP contribution in [0.5, 0.6) is 0 Å². The van der Waals surface area contributed by atoms with Gasteiger partial charge in [0.1, 0.15) is 6.54 Å². The summed E-state index contributed by atoms with van der Waals surface area (Å²) in [7, 11) is 0. The maximum absolute atomic E-state index is 11.8. The zero-order valence-electron chi connectivity index (χ0n) is 15.6. The first-order valence-electron chi connectivity index (χ1n) is 9.25. The van der Waals surface area contributed by atoms with E-state index in [0.29, 0.717) is 12.6 Å². The Hall–Kier alpha value is -3.09. The quantitative estimate of drug-likeness (QED) is 0.676. The van der Waals surface area contributed by atoms with Crippen molar-refractivity contribution >= 4 is 11.6 Å². The fourth-order valence-electron chi connectivity index (χ4n) is 2.97. The van der Waals surface area contributed by atoms with Gasteiger partial charge in [0.05, 0.1) is 23.3 Å². The molecule has 2 aromatic heterocycles. The van der Waals surface area contributed by atoms with E-state index < -0.39 is 0 Å². The van der Waals surface area contributed by atoms with Crippen LogP contribution in [0.1, 0.15) is 29.7 Å². The highest BCUT2D eigenvalue weighted by atomic mass is 16.2. The van der Waals surface area contributed by atoms with Crippen molar-refractivity contribution in [1.82, 2.24) is 24.9 Å². The van der Waals surface area contributed by atoms with E-state index in [4.69, 9.17) is 0 Å². The van der Waals surface area contributed by atoms with Gasteiger partial charge >= 0.3 is 0 Å². The second-order valence-corrected chi connectivity index (χ2v) is 7.13. The molecule has 2 heterocycles. The standard InChI is InChI=1S/C20H24N6O/c1-14-9-19(26-8-7-15(2)24-26)6-3-16(14)10-21-18-11-22-25(12-18)13-20(27)23-17-4-5-17/h3,6-9,11-12,17,21H,4-5,10,13H2,1-2H3,(H,23,27). The van der Waals surface area contributed by atoms with Gasteiger partial charge in [0.2, 0.25) is 5.91 Å². The number of benzene rings is 1. The lowest BCUT2D eigenvalue weighted by atomic mass is 10.1. The van der Waals surface area contributed by atoms with Crippen molar-refractivity contribution in [2.75, 3.05) is 5.32 Å². The van der Waals surface area contributed by atoms with Gasteiger partial charge in [-0.1, -0.05) is 6.07 Å². The van der Waals surface area contributed by atoms with Gasteiger partial charge < -0.3 is 10.6 Å². The molecule has 1 aliphatic rings. The molecule has 0 unspecified atom stereocenters. The molecule has 0 spiro atoms. The van der Waals surface area contributed by atoms with Crippen molar-refractivity contribution in [3.63, 3.8) is 0 Å². The molecule has 1 amide bonds. The molecule has 3 aromatic rings. The lowest BCUT2D eigenvalue weighted by Crippen LogP contribution is -2.29. The summed E-state index contributed by atoms with van der Waals surface area (Å²) < 4.78 is 3.55. The predicted octanol–water partition coefficient (Wildman–Crippen LogP) is 2.58. The first kappa shape index (κ1) is 17.3. The first-order chi connectivity index (χ1) is 13.1. The molecule has 1 saturated carbocycles. The van der Waals surface area contributed by atoms with Gasteiger partial charge in [-0.3, -0.25) is 9.48 Å². The molecule has 7 heteroatoms. The van der Waals surface area contributed by atoms with Crippen LogP contribution in [0.4, 0.5) is 5.69 Å². The highest BCUT2D eigenvalue weighted by Gasteiger charge is 2.23. The number of aromatic nitrogens is 4. The Morgan fingerprint density at radius 2 is 2.11 bits per heavy atom. The molecule has 1 aliphatic carbocycles. The number of aryl methyl sites for hydroxylation is 2. The Bertz CT molecular complexity index is 953. The van der Waals surface area contributed by atoms with E-state index in [9.17, 15) is 4.79 Å². The minimum Gasteiger partial charge on any atom is -0.378 e. The van der Waals surface area contributed by atoms with E-state index in [1.165, 1.54) is 11.1 Å². The molecular weight excluding hydrogens is 340 g/mol. The third kappa shape index (κ3) is 4.36. The Morgan fingerprint density at radius 1 is 1.26 bits per heavy atom. The smallest absolute Gasteiger partial charge is 0.241 e. The average Bonchev–Trinajstić information content (AvgIpc) is 3.15. The molecule has 27 heavy (non-hydrogen) atoms. The minimum atomic E-state index is 0.0208. The summed E-state index contributed by atoms with van der Waals surface area (Å²) in [5, 5.41) is 15.1. The number of anilines is 1. The van der Waals surface area contributed by atoms with Crippen molar-refractivity contribution in [3.05, 3.63) is 59.7 Å². The normalized spacial score (nSPS) is 13.6. The monoisotopic (exact) mass is 364 g/mol. The second kappa shape index (κ2) is 7.26. The number of hydrogen-bond acceptors (Lipinski definition) is 4. The van der Waals surface area contributed by atoms with E-state index in [1.54, 1.807) is 10.9 Å². The molecule has 1 aromatic carbocycles. The largest absolute Gasteiger partial charge is 0.378 e. The lowest BCUT2D eigenvalue weighted by molar-refractivity contribution is -0.122. The highest BCUT2D eigenvalue weighted by molar-refractivity contribution is 5.76. The second-order valence-electron chi connectivity index (χ2n) is 7.13. The summed E-state index contributed by atoms with van der Waals surface area (Å²) in [4.78, 5) is 11.8. The number of rotatable bonds is 7. The molecule has 140 valence electrons. The Balaban J connectivity index is 1.35. The summed E-state index contributed by atoms with van der Waals surface area (Å²) >= 11 is 0. The van der Waals surface area contributed by atoms with Gasteiger partial charge in [-0.05, 0) is 56.0 Å². The van der Waals surface area contributed by atoms with E-state index in [1.807, 2.05) is 30.1 Å². The molecule has 0 radical (unpaired) electrons. The predicted molar refractivity (Wildman–Crippen MR) is 104 cm³/mol. The fraction of sp³-hybridized carbons (Fsp3) is 0.350. The topological polar surface area (TPSA) is 76.8 Å². The van der Waals surface area contributed by atoms with Gasteiger partial charge in [0, 0.05) is 25.0 Å². The zero-order chi connectivity index (χ0) is 18.8. The van der Waals surface area contributed by atoms with Crippen LogP contribution in [-0.4, -0.2) is 31.5 Å². The van der Waals surface area contributed by atoms with Crippen molar-refractivity contribution in [3.8, 4) is 5.69 Å². The molecule has 0 bridgehead atoms. The molecule has 7 nitrogen and oxygen atoms in total. The Kier molecular flexibility index (Phi) is 4.66. The van der Waals surface area contributed by atoms with Crippen LogP contribution in [0.25, 0.3) is 5.69 Å². The van der Waals surface area contributed by atoms with Crippen LogP contribution in [0, 0.1) is 13.8 Å². The van der Waals surface area contributed by atoms with Crippen molar-refractivity contribution < 1.29 is 4.79 Å². The molecule has 0 atom stereocenters. The van der Waals surface area contributed by atoms with Gasteiger partial charge in [-0.25, -0.2) is 4.68 Å². The molecular formula is C20H24N6O. The minimum absolute atomic E-state index is 0.0208. The number of carbonyl (C=O) groups excluding carboxylic acids is 1. The molecule has 0 aliphatic heterocycles. The average molecular weight is 364 g/mol. The van der Waals surface area contributed by atoms with Gasteiger partial charge in [0.15, 0.2) is 0 Å². The maximum atomic E-state index is 11.8. The number of amides is 1. The number of hydrogen-bond donors (Lipinski definition) is 2. The SMILES string of the molecule is Cc1ccn(-c2ccc(CNc3cnn(CC(=O)NC4CC4)c3)c(C)c2)n1. The Morgan fingerprint density at radius 3 is 2.81 bits per heavy atom. The van der Waals surface area contributed by atoms with Crippen LogP contribution < -0.4 is 10.6 Å². The number of carbonyl (C=O) groups is 1. The fourth-order valence-corrected chi connectivity index (χ4v) is 2.97. The van der Waals surface area contributed by atoms with Crippen molar-refractivity contribution in [1.29, 1.82) is 0 Å². The van der Waals surface area contributed by atoms with Crippen LogP contribution in [-0.2, 0) is 17.9 Å². The zero-order valence-corrected chi connectivity index (χ0v) is 15.6. The number of nitrogens with zero attached hydrogens (tertiary/aromatic N) is 4. The summed E-state index contributed by atoms with van der Waals surface area (Å²) in [5.74, 6) is 0.0208. The van der Waals surface area contributed by atoms with Gasteiger partial charge in [-0.2, -0.15) is 10.2 Å². The van der Waals surface area contributed by atoms with E-state index >= 15 is 0 Å². The molecule has 1 fully saturated rings. The molecule has 4 rings (SSSR count). The number of nitrogens with one attached hydrogen (secondary N) is 2. The van der Waals surface area contributed by atoms with E-state index in [-0.39, 0.29) is 12.5 Å². The summed E-state index contributed by atoms with van der Waals surface area (Å²) in [6, 6.07) is 8.69. The van der Waals surface area contributed by atoms with E-state index in [0.717, 1.165) is 29.9 Å². The van der Waals surface area contributed by atoms with E-state index in [2.05, 4.69) is 46.0 Å².